The van der Waals surface area contributed by atoms with Crippen LogP contribution in [0.15, 0.2) is 48.5 Å². The summed E-state index contributed by atoms with van der Waals surface area (Å²) in [7, 11) is 2.05. The quantitative estimate of drug-likeness (QED) is 0.937. The maximum absolute atomic E-state index is 12.7. The Morgan fingerprint density at radius 3 is 2.32 bits per heavy atom. The van der Waals surface area contributed by atoms with Crippen LogP contribution in [0.5, 0.6) is 0 Å². The third kappa shape index (κ3) is 4.06. The summed E-state index contributed by atoms with van der Waals surface area (Å²) in [6, 6.07) is 14.6. The van der Waals surface area contributed by atoms with Crippen molar-refractivity contribution in [2.45, 2.75) is 6.92 Å². The molecule has 0 aromatic heterocycles. The molecule has 25 heavy (non-hydrogen) atoms. The van der Waals surface area contributed by atoms with Crippen LogP contribution in [0.1, 0.15) is 26.3 Å². The molecule has 0 aliphatic carbocycles. The first-order valence-corrected chi connectivity index (χ1v) is 8.49. The van der Waals surface area contributed by atoms with Gasteiger partial charge in [0.1, 0.15) is 0 Å². The van der Waals surface area contributed by atoms with Gasteiger partial charge in [-0.15, -0.1) is 0 Å². The number of likely N-dealkylation sites (N-methyl/N-ethyl adjacent to an activating group) is 1. The van der Waals surface area contributed by atoms with Crippen molar-refractivity contribution < 1.29 is 9.59 Å². The molecule has 3 rings (SSSR count). The van der Waals surface area contributed by atoms with Gasteiger partial charge in [-0.25, -0.2) is 0 Å². The lowest BCUT2D eigenvalue weighted by Crippen LogP contribution is -2.47. The van der Waals surface area contributed by atoms with Gasteiger partial charge in [0.25, 0.3) is 11.8 Å². The van der Waals surface area contributed by atoms with Crippen molar-refractivity contribution in [2.75, 3.05) is 38.5 Å². The highest BCUT2D eigenvalue weighted by atomic mass is 16.2. The first-order valence-electron chi connectivity index (χ1n) is 8.49. The molecule has 1 saturated heterocycles. The van der Waals surface area contributed by atoms with E-state index >= 15 is 0 Å². The minimum atomic E-state index is -0.206. The molecule has 0 atom stereocenters. The first-order chi connectivity index (χ1) is 12.0. The van der Waals surface area contributed by atoms with Gasteiger partial charge in [0.05, 0.1) is 0 Å². The Balaban J connectivity index is 1.73. The smallest absolute Gasteiger partial charge is 0.255 e. The van der Waals surface area contributed by atoms with Crippen molar-refractivity contribution in [3.05, 3.63) is 65.2 Å². The number of benzene rings is 2. The van der Waals surface area contributed by atoms with Crippen LogP contribution in [0, 0.1) is 6.92 Å². The number of carbonyl (C=O) groups excluding carboxylic acids is 2. The number of para-hydroxylation sites is 1. The number of hydrogen-bond acceptors (Lipinski definition) is 3. The molecule has 1 aliphatic rings. The van der Waals surface area contributed by atoms with Crippen LogP contribution < -0.4 is 5.32 Å². The summed E-state index contributed by atoms with van der Waals surface area (Å²) in [5.41, 5.74) is 2.83. The van der Waals surface area contributed by atoms with E-state index in [0.717, 1.165) is 37.4 Å². The van der Waals surface area contributed by atoms with Crippen LogP contribution in [0.25, 0.3) is 0 Å². The summed E-state index contributed by atoms with van der Waals surface area (Å²) in [6.07, 6.45) is 0. The molecular formula is C20H23N3O2. The number of anilines is 1. The van der Waals surface area contributed by atoms with Crippen LogP contribution in [-0.2, 0) is 0 Å². The Kier molecular flexibility index (Phi) is 5.14. The molecule has 2 aromatic carbocycles. The Morgan fingerprint density at radius 1 is 0.920 bits per heavy atom. The minimum absolute atomic E-state index is 0.0151. The summed E-state index contributed by atoms with van der Waals surface area (Å²) in [6.45, 7) is 5.13. The molecule has 1 heterocycles. The second kappa shape index (κ2) is 7.49. The zero-order valence-corrected chi connectivity index (χ0v) is 14.7. The Bertz CT molecular complexity index is 780. The van der Waals surface area contributed by atoms with Crippen molar-refractivity contribution in [3.8, 4) is 0 Å². The van der Waals surface area contributed by atoms with Crippen LogP contribution in [0.2, 0.25) is 0 Å². The number of amides is 2. The normalized spacial score (nSPS) is 15.0. The minimum Gasteiger partial charge on any atom is -0.336 e. The fraction of sp³-hybridized carbons (Fsp3) is 0.300. The number of nitrogens with one attached hydrogen (secondary N) is 1. The fourth-order valence-corrected chi connectivity index (χ4v) is 2.89. The van der Waals surface area contributed by atoms with Crippen molar-refractivity contribution in [3.63, 3.8) is 0 Å². The van der Waals surface area contributed by atoms with E-state index in [1.807, 2.05) is 36.1 Å². The van der Waals surface area contributed by atoms with Gasteiger partial charge in [-0.1, -0.05) is 24.3 Å². The molecule has 5 nitrogen and oxygen atoms in total. The van der Waals surface area contributed by atoms with E-state index in [1.54, 1.807) is 24.3 Å². The lowest BCUT2D eigenvalue weighted by molar-refractivity contribution is 0.0664. The van der Waals surface area contributed by atoms with Crippen LogP contribution in [0.4, 0.5) is 5.69 Å². The molecule has 0 radical (unpaired) electrons. The summed E-state index contributed by atoms with van der Waals surface area (Å²) in [5.74, 6) is -0.221. The zero-order valence-electron chi connectivity index (χ0n) is 14.7. The molecule has 5 heteroatoms. The fourth-order valence-electron chi connectivity index (χ4n) is 2.89. The van der Waals surface area contributed by atoms with Gasteiger partial charge in [-0.05, 0) is 43.8 Å². The van der Waals surface area contributed by atoms with Crippen LogP contribution >= 0.6 is 0 Å². The maximum atomic E-state index is 12.7. The molecule has 0 bridgehead atoms. The van der Waals surface area contributed by atoms with Gasteiger partial charge < -0.3 is 15.1 Å². The summed E-state index contributed by atoms with van der Waals surface area (Å²) in [4.78, 5) is 29.2. The number of hydrogen-bond donors (Lipinski definition) is 1. The summed E-state index contributed by atoms with van der Waals surface area (Å²) < 4.78 is 0. The number of nitrogens with zero attached hydrogens (tertiary/aromatic N) is 2. The number of piperazine rings is 1. The third-order valence-corrected chi connectivity index (χ3v) is 4.56. The van der Waals surface area contributed by atoms with Gasteiger partial charge in [0.2, 0.25) is 0 Å². The van der Waals surface area contributed by atoms with Crippen molar-refractivity contribution in [2.24, 2.45) is 0 Å². The summed E-state index contributed by atoms with van der Waals surface area (Å²) in [5, 5.41) is 2.91. The predicted molar refractivity (Wildman–Crippen MR) is 99.0 cm³/mol. The molecular weight excluding hydrogens is 314 g/mol. The standard InChI is InChI=1S/C20H23N3O2/c1-15-6-3-4-9-18(15)21-19(24)16-7-5-8-17(14-16)20(25)23-12-10-22(2)11-13-23/h3-9,14H,10-13H2,1-2H3,(H,21,24). The van der Waals surface area contributed by atoms with E-state index in [9.17, 15) is 9.59 Å². The van der Waals surface area contributed by atoms with E-state index in [-0.39, 0.29) is 11.8 Å². The highest BCUT2D eigenvalue weighted by molar-refractivity contribution is 6.06. The van der Waals surface area contributed by atoms with Gasteiger partial charge >= 0.3 is 0 Å². The number of rotatable bonds is 3. The van der Waals surface area contributed by atoms with Gasteiger partial charge in [-0.2, -0.15) is 0 Å². The topological polar surface area (TPSA) is 52.7 Å². The molecule has 2 aromatic rings. The van der Waals surface area contributed by atoms with Gasteiger partial charge in [0.15, 0.2) is 0 Å². The largest absolute Gasteiger partial charge is 0.336 e. The highest BCUT2D eigenvalue weighted by Crippen LogP contribution is 2.16. The third-order valence-electron chi connectivity index (χ3n) is 4.56. The van der Waals surface area contributed by atoms with E-state index in [2.05, 4.69) is 17.3 Å². The van der Waals surface area contributed by atoms with Crippen molar-refractivity contribution in [1.29, 1.82) is 0 Å². The average molecular weight is 337 g/mol. The van der Waals surface area contributed by atoms with Gasteiger partial charge in [-0.3, -0.25) is 9.59 Å². The monoisotopic (exact) mass is 337 g/mol. The zero-order chi connectivity index (χ0) is 17.8. The Morgan fingerprint density at radius 2 is 1.60 bits per heavy atom. The molecule has 1 N–H and O–H groups in total. The summed E-state index contributed by atoms with van der Waals surface area (Å²) >= 11 is 0. The van der Waals surface area contributed by atoms with E-state index < -0.39 is 0 Å². The van der Waals surface area contributed by atoms with E-state index in [4.69, 9.17) is 0 Å². The molecule has 0 unspecified atom stereocenters. The number of carbonyl (C=O) groups is 2. The molecule has 1 fully saturated rings. The molecule has 1 aliphatic heterocycles. The Labute approximate surface area is 148 Å². The molecule has 0 saturated carbocycles. The van der Waals surface area contributed by atoms with Gasteiger partial charge in [0, 0.05) is 43.0 Å². The van der Waals surface area contributed by atoms with Crippen LogP contribution in [-0.4, -0.2) is 54.8 Å². The maximum Gasteiger partial charge on any atom is 0.255 e. The van der Waals surface area contributed by atoms with E-state index in [1.165, 1.54) is 0 Å². The lowest BCUT2D eigenvalue weighted by atomic mass is 10.1. The molecule has 2 amide bonds. The molecule has 0 spiro atoms. The van der Waals surface area contributed by atoms with Crippen molar-refractivity contribution >= 4 is 17.5 Å². The Hall–Kier alpha value is -2.66. The van der Waals surface area contributed by atoms with Crippen LogP contribution in [0.3, 0.4) is 0 Å². The first kappa shape index (κ1) is 17.2. The van der Waals surface area contributed by atoms with Crippen molar-refractivity contribution in [1.82, 2.24) is 9.80 Å². The second-order valence-corrected chi connectivity index (χ2v) is 6.45. The average Bonchev–Trinajstić information content (AvgIpc) is 2.64. The number of aryl methyl sites for hydroxylation is 1. The highest BCUT2D eigenvalue weighted by Gasteiger charge is 2.21. The van der Waals surface area contributed by atoms with E-state index in [0.29, 0.717) is 11.1 Å². The predicted octanol–water partition coefficient (Wildman–Crippen LogP) is 2.63. The molecule has 130 valence electrons. The SMILES string of the molecule is Cc1ccccc1NC(=O)c1cccc(C(=O)N2CCN(C)CC2)c1. The second-order valence-electron chi connectivity index (χ2n) is 6.45. The lowest BCUT2D eigenvalue weighted by Gasteiger charge is -2.32.